The number of rotatable bonds is 6. The summed E-state index contributed by atoms with van der Waals surface area (Å²) >= 11 is 0. The quantitative estimate of drug-likeness (QED) is 0.658. The van der Waals surface area contributed by atoms with Gasteiger partial charge in [-0.3, -0.25) is 0 Å². The second kappa shape index (κ2) is 7.24. The van der Waals surface area contributed by atoms with Gasteiger partial charge in [0.2, 0.25) is 0 Å². The lowest BCUT2D eigenvalue weighted by atomic mass is 9.99. The van der Waals surface area contributed by atoms with Crippen LogP contribution in [0.25, 0.3) is 0 Å². The van der Waals surface area contributed by atoms with Crippen LogP contribution in [-0.4, -0.2) is 38.1 Å². The predicted octanol–water partition coefficient (Wildman–Crippen LogP) is 2.11. The first-order chi connectivity index (χ1) is 6.83. The van der Waals surface area contributed by atoms with Crippen LogP contribution < -0.4 is 5.32 Å². The monoisotopic (exact) mass is 198 g/mol. The molecule has 1 heterocycles. The molecule has 1 rings (SSSR count). The van der Waals surface area contributed by atoms with Crippen LogP contribution in [0, 0.1) is 5.92 Å². The van der Waals surface area contributed by atoms with Crippen molar-refractivity contribution in [3.63, 3.8) is 0 Å². The minimum Gasteiger partial charge on any atom is -0.320 e. The zero-order chi connectivity index (χ0) is 10.2. The van der Waals surface area contributed by atoms with Gasteiger partial charge in [0, 0.05) is 0 Å². The fourth-order valence-electron chi connectivity index (χ4n) is 2.10. The Kier molecular flexibility index (Phi) is 6.20. The molecule has 2 heteroatoms. The number of nitrogens with one attached hydrogen (secondary N) is 1. The molecule has 0 aliphatic carbocycles. The Hall–Kier alpha value is -0.0800. The van der Waals surface area contributed by atoms with Gasteiger partial charge in [-0.1, -0.05) is 13.3 Å². The number of nitrogens with zero attached hydrogens (tertiary/aromatic N) is 1. The summed E-state index contributed by atoms with van der Waals surface area (Å²) in [6.07, 6.45) is 6.93. The molecule has 0 unspecified atom stereocenters. The molecule has 0 amide bonds. The van der Waals surface area contributed by atoms with Crippen molar-refractivity contribution in [2.24, 2.45) is 5.92 Å². The van der Waals surface area contributed by atoms with E-state index in [1.165, 1.54) is 58.3 Å². The summed E-state index contributed by atoms with van der Waals surface area (Å²) in [4.78, 5) is 2.64. The fraction of sp³-hybridized carbons (Fsp3) is 1.00. The first-order valence-electron chi connectivity index (χ1n) is 6.20. The summed E-state index contributed by atoms with van der Waals surface area (Å²) in [6.45, 7) is 7.57. The summed E-state index contributed by atoms with van der Waals surface area (Å²) in [5.41, 5.74) is 0. The van der Waals surface area contributed by atoms with E-state index >= 15 is 0 Å². The van der Waals surface area contributed by atoms with Crippen molar-refractivity contribution in [3.05, 3.63) is 0 Å². The maximum absolute atomic E-state index is 3.20. The van der Waals surface area contributed by atoms with Gasteiger partial charge < -0.3 is 10.2 Å². The molecule has 1 aliphatic heterocycles. The first kappa shape index (κ1) is 12.0. The molecule has 1 saturated heterocycles. The van der Waals surface area contributed by atoms with Crippen molar-refractivity contribution in [1.82, 2.24) is 10.2 Å². The average molecular weight is 198 g/mol. The van der Waals surface area contributed by atoms with Gasteiger partial charge in [0.1, 0.15) is 0 Å². The van der Waals surface area contributed by atoms with Gasteiger partial charge in [0.05, 0.1) is 0 Å². The van der Waals surface area contributed by atoms with Gasteiger partial charge in [-0.2, -0.15) is 0 Å². The molecule has 0 radical (unpaired) electrons. The molecular formula is C12H26N2. The summed E-state index contributed by atoms with van der Waals surface area (Å²) in [6, 6.07) is 0. The van der Waals surface area contributed by atoms with Crippen molar-refractivity contribution in [1.29, 1.82) is 0 Å². The second-order valence-corrected chi connectivity index (χ2v) is 4.69. The van der Waals surface area contributed by atoms with Crippen molar-refractivity contribution in [3.8, 4) is 0 Å². The van der Waals surface area contributed by atoms with Crippen LogP contribution in [0.5, 0.6) is 0 Å². The zero-order valence-corrected chi connectivity index (χ0v) is 9.89. The Morgan fingerprint density at radius 3 is 2.50 bits per heavy atom. The van der Waals surface area contributed by atoms with E-state index in [1.54, 1.807) is 0 Å². The minimum absolute atomic E-state index is 0.968. The number of likely N-dealkylation sites (tertiary alicyclic amines) is 1. The van der Waals surface area contributed by atoms with Crippen LogP contribution in [-0.2, 0) is 0 Å². The maximum Gasteiger partial charge on any atom is -0.00162 e. The Bertz CT molecular complexity index is 128. The summed E-state index contributed by atoms with van der Waals surface area (Å²) in [5.74, 6) is 0.968. The highest BCUT2D eigenvalue weighted by molar-refractivity contribution is 4.69. The lowest BCUT2D eigenvalue weighted by molar-refractivity contribution is 0.189. The molecule has 0 spiro atoms. The lowest BCUT2D eigenvalue weighted by Gasteiger charge is -2.30. The molecule has 1 N–H and O–H groups in total. The van der Waals surface area contributed by atoms with Crippen LogP contribution in [0.2, 0.25) is 0 Å². The molecule has 0 atom stereocenters. The number of unbranched alkanes of at least 4 members (excludes halogenated alkanes) is 2. The highest BCUT2D eigenvalue weighted by Crippen LogP contribution is 2.16. The Balaban J connectivity index is 1.91. The Morgan fingerprint density at radius 2 is 1.86 bits per heavy atom. The van der Waals surface area contributed by atoms with E-state index in [0.29, 0.717) is 0 Å². The van der Waals surface area contributed by atoms with E-state index in [4.69, 9.17) is 0 Å². The maximum atomic E-state index is 3.20. The molecule has 0 aromatic heterocycles. The molecule has 2 nitrogen and oxygen atoms in total. The molecule has 0 saturated carbocycles. The van der Waals surface area contributed by atoms with E-state index in [9.17, 15) is 0 Å². The van der Waals surface area contributed by atoms with E-state index in [1.807, 2.05) is 7.05 Å². The third-order valence-corrected chi connectivity index (χ3v) is 3.28. The van der Waals surface area contributed by atoms with E-state index < -0.39 is 0 Å². The number of hydrogen-bond acceptors (Lipinski definition) is 2. The molecule has 14 heavy (non-hydrogen) atoms. The van der Waals surface area contributed by atoms with Crippen LogP contribution in [0.3, 0.4) is 0 Å². The predicted molar refractivity (Wildman–Crippen MR) is 62.6 cm³/mol. The molecule has 0 aromatic carbocycles. The lowest BCUT2D eigenvalue weighted by Crippen LogP contribution is -2.33. The van der Waals surface area contributed by atoms with Crippen LogP contribution >= 0.6 is 0 Å². The van der Waals surface area contributed by atoms with Crippen molar-refractivity contribution in [2.45, 2.75) is 39.0 Å². The van der Waals surface area contributed by atoms with E-state index in [-0.39, 0.29) is 0 Å². The normalized spacial score (nSPS) is 20.1. The number of hydrogen-bond donors (Lipinski definition) is 1. The van der Waals surface area contributed by atoms with Gasteiger partial charge in [0.25, 0.3) is 0 Å². The molecular weight excluding hydrogens is 172 g/mol. The summed E-state index contributed by atoms with van der Waals surface area (Å²) in [7, 11) is 2.03. The molecule has 1 fully saturated rings. The van der Waals surface area contributed by atoms with Gasteiger partial charge in [-0.05, 0) is 64.8 Å². The average Bonchev–Trinajstić information content (AvgIpc) is 2.21. The van der Waals surface area contributed by atoms with Crippen LogP contribution in [0.4, 0.5) is 0 Å². The zero-order valence-electron chi connectivity index (χ0n) is 9.89. The third kappa shape index (κ3) is 4.97. The SMILES string of the molecule is CNCCCCCN1CCC(C)CC1. The molecule has 0 aromatic rings. The standard InChI is InChI=1S/C12H26N2/c1-12-6-10-14(11-7-12)9-5-3-4-8-13-2/h12-13H,3-11H2,1-2H3. The largest absolute Gasteiger partial charge is 0.320 e. The number of piperidine rings is 1. The fourth-order valence-corrected chi connectivity index (χ4v) is 2.10. The Morgan fingerprint density at radius 1 is 1.14 bits per heavy atom. The molecule has 84 valence electrons. The highest BCUT2D eigenvalue weighted by atomic mass is 15.1. The minimum atomic E-state index is 0.968. The van der Waals surface area contributed by atoms with E-state index in [2.05, 4.69) is 17.1 Å². The van der Waals surface area contributed by atoms with Gasteiger partial charge >= 0.3 is 0 Å². The van der Waals surface area contributed by atoms with Gasteiger partial charge in [-0.25, -0.2) is 0 Å². The van der Waals surface area contributed by atoms with Gasteiger partial charge in [-0.15, -0.1) is 0 Å². The summed E-state index contributed by atoms with van der Waals surface area (Å²) in [5, 5.41) is 3.20. The van der Waals surface area contributed by atoms with Crippen LogP contribution in [0.1, 0.15) is 39.0 Å². The first-order valence-corrected chi connectivity index (χ1v) is 6.20. The second-order valence-electron chi connectivity index (χ2n) is 4.69. The third-order valence-electron chi connectivity index (χ3n) is 3.28. The van der Waals surface area contributed by atoms with Crippen molar-refractivity contribution >= 4 is 0 Å². The Labute approximate surface area is 89.1 Å². The topological polar surface area (TPSA) is 15.3 Å². The van der Waals surface area contributed by atoms with E-state index in [0.717, 1.165) is 5.92 Å². The van der Waals surface area contributed by atoms with Crippen molar-refractivity contribution in [2.75, 3.05) is 33.2 Å². The highest BCUT2D eigenvalue weighted by Gasteiger charge is 2.14. The van der Waals surface area contributed by atoms with Crippen LogP contribution in [0.15, 0.2) is 0 Å². The smallest absolute Gasteiger partial charge is 0.00162 e. The van der Waals surface area contributed by atoms with Gasteiger partial charge in [0.15, 0.2) is 0 Å². The molecule has 0 bridgehead atoms. The van der Waals surface area contributed by atoms with Crippen molar-refractivity contribution < 1.29 is 0 Å². The molecule has 1 aliphatic rings. The summed E-state index contributed by atoms with van der Waals surface area (Å²) < 4.78 is 0.